The number of aliphatic carboxylic acids is 1. The average Bonchev–Trinajstić information content (AvgIpc) is 3.47. The fraction of sp³-hybridized carbons (Fsp3) is 0.280. The number of hydrogen-bond acceptors (Lipinski definition) is 4. The third-order valence-corrected chi connectivity index (χ3v) is 5.60. The van der Waals surface area contributed by atoms with Gasteiger partial charge in [-0.25, -0.2) is 0 Å². The van der Waals surface area contributed by atoms with E-state index in [1.165, 1.54) is 0 Å². The Kier molecular flexibility index (Phi) is 6.53. The highest BCUT2D eigenvalue weighted by atomic mass is 16.4. The number of H-pyrrole nitrogens is 1. The Labute approximate surface area is 191 Å². The standard InChI is InChI=1S/C25H27N5O3/c1-16(2)11-23(17-3-5-18(6-4-17)25(33)26-10-9-24(31)32)30-22-8-7-19(12-20(22)15-29-30)21-13-27-28-14-21/h3-8,12-16,23H,9-11H2,1-2H3,(H,26,33)(H,27,28)(H,31,32). The van der Waals surface area contributed by atoms with Gasteiger partial charge in [-0.15, -0.1) is 0 Å². The predicted octanol–water partition coefficient (Wildman–Crippen LogP) is 4.27. The predicted molar refractivity (Wildman–Crippen MR) is 126 cm³/mol. The maximum absolute atomic E-state index is 12.3. The van der Waals surface area contributed by atoms with E-state index >= 15 is 0 Å². The molecule has 0 saturated carbocycles. The Morgan fingerprint density at radius 2 is 1.88 bits per heavy atom. The lowest BCUT2D eigenvalue weighted by atomic mass is 9.96. The van der Waals surface area contributed by atoms with Gasteiger partial charge in [0.2, 0.25) is 0 Å². The van der Waals surface area contributed by atoms with Crippen LogP contribution in [-0.4, -0.2) is 43.5 Å². The molecule has 1 unspecified atom stereocenters. The molecule has 0 aliphatic rings. The number of nitrogens with zero attached hydrogens (tertiary/aromatic N) is 3. The van der Waals surface area contributed by atoms with Crippen LogP contribution in [0.25, 0.3) is 22.0 Å². The first kappa shape index (κ1) is 22.3. The Bertz CT molecular complexity index is 1240. The summed E-state index contributed by atoms with van der Waals surface area (Å²) in [4.78, 5) is 22.9. The van der Waals surface area contributed by atoms with Crippen molar-refractivity contribution in [3.63, 3.8) is 0 Å². The second-order valence-corrected chi connectivity index (χ2v) is 8.52. The van der Waals surface area contributed by atoms with Gasteiger partial charge in [-0.1, -0.05) is 32.0 Å². The molecule has 0 radical (unpaired) electrons. The molecule has 0 aliphatic carbocycles. The van der Waals surface area contributed by atoms with E-state index in [9.17, 15) is 9.59 Å². The molecule has 0 spiro atoms. The Morgan fingerprint density at radius 1 is 1.09 bits per heavy atom. The van der Waals surface area contributed by atoms with Gasteiger partial charge < -0.3 is 10.4 Å². The summed E-state index contributed by atoms with van der Waals surface area (Å²) in [6.07, 6.45) is 6.34. The van der Waals surface area contributed by atoms with E-state index in [-0.39, 0.29) is 24.9 Å². The molecule has 1 amide bonds. The number of carbonyl (C=O) groups excluding carboxylic acids is 1. The molecule has 4 rings (SSSR count). The van der Waals surface area contributed by atoms with Gasteiger partial charge >= 0.3 is 5.97 Å². The summed E-state index contributed by atoms with van der Waals surface area (Å²) in [7, 11) is 0. The monoisotopic (exact) mass is 445 g/mol. The second kappa shape index (κ2) is 9.68. The molecule has 0 aliphatic heterocycles. The highest BCUT2D eigenvalue weighted by molar-refractivity contribution is 5.94. The SMILES string of the molecule is CC(C)CC(c1ccc(C(=O)NCCC(=O)O)cc1)n1ncc2cc(-c3cn[nH]c3)ccc21. The zero-order chi connectivity index (χ0) is 23.4. The van der Waals surface area contributed by atoms with E-state index in [0.29, 0.717) is 11.5 Å². The fourth-order valence-corrected chi connectivity index (χ4v) is 3.96. The maximum atomic E-state index is 12.3. The van der Waals surface area contributed by atoms with Crippen molar-refractivity contribution in [2.24, 2.45) is 5.92 Å². The molecule has 3 N–H and O–H groups in total. The minimum Gasteiger partial charge on any atom is -0.481 e. The Hall–Kier alpha value is -3.94. The maximum Gasteiger partial charge on any atom is 0.305 e. The molecule has 2 aromatic heterocycles. The third-order valence-electron chi connectivity index (χ3n) is 5.60. The van der Waals surface area contributed by atoms with Gasteiger partial charge in [-0.05, 0) is 47.7 Å². The average molecular weight is 446 g/mol. The number of aromatic amines is 1. The first-order valence-corrected chi connectivity index (χ1v) is 11.0. The van der Waals surface area contributed by atoms with Crippen LogP contribution in [0.4, 0.5) is 0 Å². The number of carboxylic acids is 1. The molecule has 0 fully saturated rings. The molecule has 33 heavy (non-hydrogen) atoms. The lowest BCUT2D eigenvalue weighted by Crippen LogP contribution is -2.26. The van der Waals surface area contributed by atoms with Crippen LogP contribution in [0.15, 0.2) is 61.1 Å². The van der Waals surface area contributed by atoms with Crippen molar-refractivity contribution in [2.45, 2.75) is 32.7 Å². The van der Waals surface area contributed by atoms with Crippen LogP contribution >= 0.6 is 0 Å². The summed E-state index contributed by atoms with van der Waals surface area (Å²) in [6.45, 7) is 4.46. The molecular formula is C25H27N5O3. The van der Waals surface area contributed by atoms with Crippen molar-refractivity contribution in [3.05, 3.63) is 72.2 Å². The van der Waals surface area contributed by atoms with Crippen LogP contribution in [0.1, 0.15) is 48.7 Å². The van der Waals surface area contributed by atoms with E-state index in [1.54, 1.807) is 18.3 Å². The lowest BCUT2D eigenvalue weighted by Gasteiger charge is -2.21. The number of aromatic nitrogens is 4. The van der Waals surface area contributed by atoms with Crippen molar-refractivity contribution >= 4 is 22.8 Å². The van der Waals surface area contributed by atoms with Crippen molar-refractivity contribution in [1.29, 1.82) is 0 Å². The van der Waals surface area contributed by atoms with Crippen LogP contribution in [-0.2, 0) is 4.79 Å². The number of amides is 1. The number of carbonyl (C=O) groups is 2. The molecule has 2 heterocycles. The first-order valence-electron chi connectivity index (χ1n) is 11.0. The van der Waals surface area contributed by atoms with Gasteiger partial charge in [-0.3, -0.25) is 19.4 Å². The van der Waals surface area contributed by atoms with Gasteiger partial charge in [0.25, 0.3) is 5.91 Å². The van der Waals surface area contributed by atoms with Crippen molar-refractivity contribution < 1.29 is 14.7 Å². The van der Waals surface area contributed by atoms with Crippen molar-refractivity contribution in [3.8, 4) is 11.1 Å². The summed E-state index contributed by atoms with van der Waals surface area (Å²) in [6, 6.07) is 13.7. The highest BCUT2D eigenvalue weighted by Crippen LogP contribution is 2.31. The molecule has 0 saturated heterocycles. The molecule has 2 aromatic carbocycles. The number of hydrogen-bond donors (Lipinski definition) is 3. The largest absolute Gasteiger partial charge is 0.481 e. The number of nitrogens with one attached hydrogen (secondary N) is 2. The quantitative estimate of drug-likeness (QED) is 0.356. The molecule has 170 valence electrons. The molecule has 8 nitrogen and oxygen atoms in total. The van der Waals surface area contributed by atoms with Crippen molar-refractivity contribution in [2.75, 3.05) is 6.54 Å². The van der Waals surface area contributed by atoms with Gasteiger partial charge in [-0.2, -0.15) is 10.2 Å². The molecule has 4 aromatic rings. The van der Waals surface area contributed by atoms with Gasteiger partial charge in [0.1, 0.15) is 0 Å². The number of benzene rings is 2. The summed E-state index contributed by atoms with van der Waals surface area (Å²) in [5.41, 5.74) is 4.72. The van der Waals surface area contributed by atoms with Gasteiger partial charge in [0.15, 0.2) is 0 Å². The van der Waals surface area contributed by atoms with Gasteiger partial charge in [0, 0.05) is 29.3 Å². The zero-order valence-electron chi connectivity index (χ0n) is 18.7. The highest BCUT2D eigenvalue weighted by Gasteiger charge is 2.19. The van der Waals surface area contributed by atoms with Crippen molar-refractivity contribution in [1.82, 2.24) is 25.3 Å². The van der Waals surface area contributed by atoms with E-state index in [4.69, 9.17) is 10.2 Å². The zero-order valence-corrected chi connectivity index (χ0v) is 18.7. The second-order valence-electron chi connectivity index (χ2n) is 8.52. The molecular weight excluding hydrogens is 418 g/mol. The molecule has 1 atom stereocenters. The third kappa shape index (κ3) is 5.11. The summed E-state index contributed by atoms with van der Waals surface area (Å²) in [5.74, 6) is -0.775. The van der Waals surface area contributed by atoms with Crippen LogP contribution < -0.4 is 5.32 Å². The number of fused-ring (bicyclic) bond motifs is 1. The van der Waals surface area contributed by atoms with Gasteiger partial charge in [0.05, 0.1) is 30.4 Å². The smallest absolute Gasteiger partial charge is 0.305 e. The van der Waals surface area contributed by atoms with Crippen LogP contribution in [0.3, 0.4) is 0 Å². The summed E-state index contributed by atoms with van der Waals surface area (Å²) < 4.78 is 2.05. The topological polar surface area (TPSA) is 113 Å². The Morgan fingerprint density at radius 3 is 2.55 bits per heavy atom. The molecule has 0 bridgehead atoms. The minimum absolute atomic E-state index is 0.0198. The van der Waals surface area contributed by atoms with E-state index in [0.717, 1.165) is 34.0 Å². The normalized spacial score (nSPS) is 12.2. The summed E-state index contributed by atoms with van der Waals surface area (Å²) >= 11 is 0. The van der Waals surface area contributed by atoms with Crippen LogP contribution in [0.5, 0.6) is 0 Å². The Balaban J connectivity index is 1.60. The number of carboxylic acid groups (broad SMARTS) is 1. The number of rotatable bonds is 9. The lowest BCUT2D eigenvalue weighted by molar-refractivity contribution is -0.136. The van der Waals surface area contributed by atoms with E-state index < -0.39 is 5.97 Å². The fourth-order valence-electron chi connectivity index (χ4n) is 3.96. The van der Waals surface area contributed by atoms with Crippen LogP contribution in [0, 0.1) is 5.92 Å². The van der Waals surface area contributed by atoms with E-state index in [2.05, 4.69) is 52.2 Å². The first-order chi connectivity index (χ1) is 15.9. The molecule has 8 heteroatoms. The minimum atomic E-state index is -0.939. The summed E-state index contributed by atoms with van der Waals surface area (Å²) in [5, 5.41) is 24.0. The van der Waals surface area contributed by atoms with Crippen LogP contribution in [0.2, 0.25) is 0 Å². The van der Waals surface area contributed by atoms with E-state index in [1.807, 2.05) is 24.5 Å².